The molecule has 0 aliphatic carbocycles. The van der Waals surface area contributed by atoms with Gasteiger partial charge in [-0.15, -0.1) is 0 Å². The van der Waals surface area contributed by atoms with Crippen LogP contribution in [0.3, 0.4) is 0 Å². The normalized spacial score (nSPS) is 9.92. The zero-order valence-corrected chi connectivity index (χ0v) is 7.36. The highest BCUT2D eigenvalue weighted by Crippen LogP contribution is 2.12. The monoisotopic (exact) mass is 169 g/mol. The zero-order valence-electron chi connectivity index (χ0n) is 7.36. The molecule has 0 aliphatic heterocycles. The van der Waals surface area contributed by atoms with E-state index < -0.39 is 0 Å². The summed E-state index contributed by atoms with van der Waals surface area (Å²) in [5.74, 6) is 0.728. The first kappa shape index (κ1) is 7.92. The molecular formula is C11H9N2. The van der Waals surface area contributed by atoms with Gasteiger partial charge in [0.25, 0.3) is 0 Å². The minimum absolute atomic E-state index is 0.728. The molecular weight excluding hydrogens is 160 g/mol. The van der Waals surface area contributed by atoms with Crippen LogP contribution >= 0.6 is 0 Å². The number of aromatic nitrogens is 2. The van der Waals surface area contributed by atoms with Gasteiger partial charge in [0.1, 0.15) is 0 Å². The van der Waals surface area contributed by atoms with Gasteiger partial charge in [0.15, 0.2) is 5.82 Å². The van der Waals surface area contributed by atoms with E-state index in [2.05, 4.69) is 16.2 Å². The van der Waals surface area contributed by atoms with Crippen LogP contribution in [0.1, 0.15) is 5.56 Å². The molecule has 0 aliphatic rings. The van der Waals surface area contributed by atoms with Crippen molar-refractivity contribution in [3.8, 4) is 11.4 Å². The van der Waals surface area contributed by atoms with Crippen molar-refractivity contribution < 1.29 is 0 Å². The lowest BCUT2D eigenvalue weighted by atomic mass is 10.2. The first-order chi connectivity index (χ1) is 6.36. The molecule has 2 heteroatoms. The van der Waals surface area contributed by atoms with Crippen molar-refractivity contribution in [1.82, 2.24) is 9.97 Å². The van der Waals surface area contributed by atoms with Crippen LogP contribution in [-0.2, 0) is 0 Å². The predicted octanol–water partition coefficient (Wildman–Crippen LogP) is 2.25. The highest BCUT2D eigenvalue weighted by molar-refractivity contribution is 5.53. The number of hydrogen-bond donors (Lipinski definition) is 0. The Morgan fingerprint density at radius 1 is 1.15 bits per heavy atom. The second-order valence-electron chi connectivity index (χ2n) is 2.85. The smallest absolute Gasteiger partial charge is 0.159 e. The van der Waals surface area contributed by atoms with Crippen molar-refractivity contribution in [3.63, 3.8) is 0 Å². The molecule has 1 radical (unpaired) electrons. The molecule has 0 spiro atoms. The molecule has 2 nitrogen and oxygen atoms in total. The molecule has 1 aromatic carbocycles. The van der Waals surface area contributed by atoms with Gasteiger partial charge in [0.05, 0.1) is 6.20 Å². The van der Waals surface area contributed by atoms with Gasteiger partial charge < -0.3 is 0 Å². The minimum atomic E-state index is 0.728. The summed E-state index contributed by atoms with van der Waals surface area (Å²) in [6.07, 6.45) is 4.66. The molecule has 0 amide bonds. The largest absolute Gasteiger partial charge is 0.236 e. The highest BCUT2D eigenvalue weighted by atomic mass is 14.9. The van der Waals surface area contributed by atoms with Crippen molar-refractivity contribution in [2.75, 3.05) is 0 Å². The van der Waals surface area contributed by atoms with E-state index in [0.29, 0.717) is 0 Å². The Hall–Kier alpha value is -1.70. The maximum atomic E-state index is 4.21. The summed E-state index contributed by atoms with van der Waals surface area (Å²) >= 11 is 0. The van der Waals surface area contributed by atoms with Crippen LogP contribution in [0.4, 0.5) is 0 Å². The lowest BCUT2D eigenvalue weighted by Crippen LogP contribution is -1.88. The minimum Gasteiger partial charge on any atom is -0.236 e. The van der Waals surface area contributed by atoms with Crippen LogP contribution in [0, 0.1) is 13.1 Å². The number of hydrogen-bond acceptors (Lipinski definition) is 2. The number of nitrogens with zero attached hydrogens (tertiary/aromatic N) is 2. The molecule has 0 bridgehead atoms. The molecule has 0 saturated carbocycles. The van der Waals surface area contributed by atoms with E-state index in [0.717, 1.165) is 17.0 Å². The van der Waals surface area contributed by atoms with Crippen molar-refractivity contribution >= 4 is 0 Å². The molecule has 2 aromatic rings. The number of rotatable bonds is 1. The van der Waals surface area contributed by atoms with Crippen molar-refractivity contribution in [2.24, 2.45) is 0 Å². The quantitative estimate of drug-likeness (QED) is 0.654. The molecule has 13 heavy (non-hydrogen) atoms. The Balaban J connectivity index is 2.42. The molecule has 0 atom stereocenters. The summed E-state index contributed by atoms with van der Waals surface area (Å²) in [5, 5.41) is 0. The van der Waals surface area contributed by atoms with Gasteiger partial charge in [-0.25, -0.2) is 9.97 Å². The summed E-state index contributed by atoms with van der Waals surface area (Å²) in [5.41, 5.74) is 1.98. The van der Waals surface area contributed by atoms with E-state index in [1.54, 1.807) is 6.20 Å². The van der Waals surface area contributed by atoms with Crippen molar-refractivity contribution in [2.45, 2.75) is 6.92 Å². The fraction of sp³-hybridized carbons (Fsp3) is 0.0909. The molecule has 0 N–H and O–H groups in total. The SMILES string of the molecule is Cc1[c]nc(-c2ccccc2)nc1. The Kier molecular flexibility index (Phi) is 2.04. The number of benzene rings is 1. The Bertz CT molecular complexity index is 379. The standard InChI is InChI=1S/C11H9N2/c1-9-7-12-11(13-8-9)10-5-3-2-4-6-10/h2-7H,1H3. The second-order valence-corrected chi connectivity index (χ2v) is 2.85. The Morgan fingerprint density at radius 3 is 2.54 bits per heavy atom. The first-order valence-electron chi connectivity index (χ1n) is 4.13. The van der Waals surface area contributed by atoms with E-state index in [4.69, 9.17) is 0 Å². The number of aryl methyl sites for hydroxylation is 1. The van der Waals surface area contributed by atoms with Crippen LogP contribution in [0.2, 0.25) is 0 Å². The fourth-order valence-corrected chi connectivity index (χ4v) is 1.08. The second kappa shape index (κ2) is 3.35. The average Bonchev–Trinajstić information content (AvgIpc) is 2.20. The van der Waals surface area contributed by atoms with Gasteiger partial charge >= 0.3 is 0 Å². The van der Waals surface area contributed by atoms with Crippen LogP contribution < -0.4 is 0 Å². The van der Waals surface area contributed by atoms with E-state index in [1.165, 1.54) is 0 Å². The lowest BCUT2D eigenvalue weighted by molar-refractivity contribution is 1.13. The topological polar surface area (TPSA) is 25.8 Å². The van der Waals surface area contributed by atoms with Gasteiger partial charge in [-0.05, 0) is 12.5 Å². The van der Waals surface area contributed by atoms with Gasteiger partial charge in [0, 0.05) is 11.8 Å². The highest BCUT2D eigenvalue weighted by Gasteiger charge is 1.97. The van der Waals surface area contributed by atoms with Gasteiger partial charge in [-0.1, -0.05) is 30.3 Å². The molecule has 1 aromatic heterocycles. The Morgan fingerprint density at radius 2 is 1.92 bits per heavy atom. The van der Waals surface area contributed by atoms with Crippen LogP contribution in [0.15, 0.2) is 36.5 Å². The van der Waals surface area contributed by atoms with Crippen molar-refractivity contribution in [3.05, 3.63) is 48.3 Å². The summed E-state index contributed by atoms with van der Waals surface area (Å²) in [6.45, 7) is 1.93. The summed E-state index contributed by atoms with van der Waals surface area (Å²) in [4.78, 5) is 8.32. The third-order valence-corrected chi connectivity index (χ3v) is 1.75. The third kappa shape index (κ3) is 1.72. The predicted molar refractivity (Wildman–Crippen MR) is 51.0 cm³/mol. The van der Waals surface area contributed by atoms with Crippen LogP contribution in [0.25, 0.3) is 11.4 Å². The van der Waals surface area contributed by atoms with Crippen molar-refractivity contribution in [1.29, 1.82) is 0 Å². The average molecular weight is 169 g/mol. The van der Waals surface area contributed by atoms with Gasteiger partial charge in [0.2, 0.25) is 0 Å². The Labute approximate surface area is 77.3 Å². The molecule has 0 fully saturated rings. The zero-order chi connectivity index (χ0) is 9.10. The maximum Gasteiger partial charge on any atom is 0.159 e. The fourth-order valence-electron chi connectivity index (χ4n) is 1.08. The van der Waals surface area contributed by atoms with E-state index in [1.807, 2.05) is 37.3 Å². The van der Waals surface area contributed by atoms with Gasteiger partial charge in [-0.3, -0.25) is 0 Å². The lowest BCUT2D eigenvalue weighted by Gasteiger charge is -1.97. The summed E-state index contributed by atoms with van der Waals surface area (Å²) < 4.78 is 0. The molecule has 63 valence electrons. The molecule has 0 unspecified atom stereocenters. The van der Waals surface area contributed by atoms with Gasteiger partial charge in [-0.2, -0.15) is 0 Å². The van der Waals surface area contributed by atoms with E-state index in [9.17, 15) is 0 Å². The molecule has 1 heterocycles. The molecule has 0 saturated heterocycles. The summed E-state index contributed by atoms with van der Waals surface area (Å²) in [7, 11) is 0. The van der Waals surface area contributed by atoms with E-state index in [-0.39, 0.29) is 0 Å². The third-order valence-electron chi connectivity index (χ3n) is 1.75. The van der Waals surface area contributed by atoms with Crippen LogP contribution in [-0.4, -0.2) is 9.97 Å². The van der Waals surface area contributed by atoms with E-state index >= 15 is 0 Å². The maximum absolute atomic E-state index is 4.21. The van der Waals surface area contributed by atoms with Crippen LogP contribution in [0.5, 0.6) is 0 Å². The first-order valence-corrected chi connectivity index (χ1v) is 4.13. The molecule has 2 rings (SSSR count). The summed E-state index contributed by atoms with van der Waals surface area (Å²) in [6, 6.07) is 9.88.